The van der Waals surface area contributed by atoms with Gasteiger partial charge < -0.3 is 4.90 Å². The zero-order chi connectivity index (χ0) is 26.5. The molecule has 0 atom stereocenters. The van der Waals surface area contributed by atoms with Crippen LogP contribution in [0.3, 0.4) is 0 Å². The highest BCUT2D eigenvalue weighted by atomic mass is 35.5. The minimum absolute atomic E-state index is 0.0234. The van der Waals surface area contributed by atoms with Crippen molar-refractivity contribution >= 4 is 63.7 Å². The van der Waals surface area contributed by atoms with E-state index in [0.717, 1.165) is 11.1 Å². The lowest BCUT2D eigenvalue weighted by molar-refractivity contribution is -0.130. The molecule has 1 aliphatic heterocycles. The fraction of sp³-hybridized carbons (Fsp3) is 0.207. The number of rotatable bonds is 7. The minimum atomic E-state index is -0.269. The molecule has 4 rings (SSSR count). The Kier molecular flexibility index (Phi) is 8.75. The maximum atomic E-state index is 13.5. The Morgan fingerprint density at radius 3 is 2.38 bits per heavy atom. The molecule has 8 heteroatoms. The van der Waals surface area contributed by atoms with Crippen molar-refractivity contribution in [2.45, 2.75) is 33.4 Å². The molecule has 0 fully saturated rings. The predicted octanol–water partition coefficient (Wildman–Crippen LogP) is 7.22. The first-order valence-corrected chi connectivity index (χ1v) is 13.6. The van der Waals surface area contributed by atoms with Crippen LogP contribution in [0.15, 0.2) is 83.5 Å². The van der Waals surface area contributed by atoms with Crippen LogP contribution in [0, 0.1) is 6.92 Å². The number of halogens is 2. The molecular weight excluding hydrogens is 525 g/mol. The molecule has 0 radical (unpaired) electrons. The highest BCUT2D eigenvalue weighted by Crippen LogP contribution is 2.31. The number of benzene rings is 3. The van der Waals surface area contributed by atoms with Crippen LogP contribution in [-0.4, -0.2) is 33.7 Å². The largest absolute Gasteiger partial charge is 0.335 e. The minimum Gasteiger partial charge on any atom is -0.335 e. The smallest absolute Gasteiger partial charge is 0.283 e. The number of amidine groups is 1. The van der Waals surface area contributed by atoms with Crippen LogP contribution in [0.1, 0.15) is 30.5 Å². The van der Waals surface area contributed by atoms with E-state index in [9.17, 15) is 9.59 Å². The Labute approximate surface area is 231 Å². The zero-order valence-corrected chi connectivity index (χ0v) is 23.1. The van der Waals surface area contributed by atoms with Crippen molar-refractivity contribution in [1.82, 2.24) is 4.90 Å². The van der Waals surface area contributed by atoms with Crippen molar-refractivity contribution in [2.24, 2.45) is 4.99 Å². The summed E-state index contributed by atoms with van der Waals surface area (Å²) in [4.78, 5) is 34.7. The molecule has 0 unspecified atom stereocenters. The van der Waals surface area contributed by atoms with E-state index in [0.29, 0.717) is 33.0 Å². The first-order valence-electron chi connectivity index (χ1n) is 11.9. The Hall–Kier alpha value is -3.06. The van der Waals surface area contributed by atoms with Crippen LogP contribution in [0.5, 0.6) is 0 Å². The van der Waals surface area contributed by atoms with E-state index in [2.05, 4.69) is 4.99 Å². The molecule has 0 bridgehead atoms. The highest BCUT2D eigenvalue weighted by Gasteiger charge is 2.33. The van der Waals surface area contributed by atoms with Gasteiger partial charge in [0.2, 0.25) is 5.91 Å². The number of aryl methyl sites for hydroxylation is 1. The average molecular weight is 553 g/mol. The molecule has 0 aromatic heterocycles. The van der Waals surface area contributed by atoms with Gasteiger partial charge in [0.1, 0.15) is 5.70 Å². The highest BCUT2D eigenvalue weighted by molar-refractivity contribution is 8.14. The van der Waals surface area contributed by atoms with Crippen molar-refractivity contribution in [3.63, 3.8) is 0 Å². The summed E-state index contributed by atoms with van der Waals surface area (Å²) in [7, 11) is 0. The summed E-state index contributed by atoms with van der Waals surface area (Å²) in [6.45, 7) is 6.51. The number of hydrogen-bond donors (Lipinski definition) is 0. The Balaban J connectivity index is 1.59. The van der Waals surface area contributed by atoms with Crippen molar-refractivity contribution < 1.29 is 9.59 Å². The van der Waals surface area contributed by atoms with Crippen molar-refractivity contribution in [3.05, 3.63) is 105 Å². The summed E-state index contributed by atoms with van der Waals surface area (Å²) in [5, 5.41) is 1.29. The first kappa shape index (κ1) is 27.0. The van der Waals surface area contributed by atoms with Gasteiger partial charge in [0.05, 0.1) is 21.5 Å². The molecule has 5 nitrogen and oxygen atoms in total. The van der Waals surface area contributed by atoms with Gasteiger partial charge in [0, 0.05) is 12.6 Å². The molecule has 1 aliphatic rings. The third-order valence-corrected chi connectivity index (χ3v) is 7.50. The van der Waals surface area contributed by atoms with E-state index in [4.69, 9.17) is 23.2 Å². The molecule has 2 amide bonds. The standard InChI is InChI=1S/C29H27Cl2N3O2S/c1-19(2)33(17-21-7-5-4-6-8-21)27(35)18-37-29-32-26(16-22-11-14-24(30)25(31)15-22)28(36)34(29)23-12-9-20(3)10-13-23/h4-16,19H,17-18H2,1-3H3/b26-16-. The molecule has 37 heavy (non-hydrogen) atoms. The number of carbonyl (C=O) groups excluding carboxylic acids is 2. The van der Waals surface area contributed by atoms with Crippen LogP contribution in [-0.2, 0) is 16.1 Å². The summed E-state index contributed by atoms with van der Waals surface area (Å²) in [5.74, 6) is -0.140. The monoisotopic (exact) mass is 551 g/mol. The molecule has 0 aliphatic carbocycles. The van der Waals surface area contributed by atoms with Gasteiger partial charge in [-0.1, -0.05) is 89.1 Å². The van der Waals surface area contributed by atoms with Gasteiger partial charge in [-0.05, 0) is 62.2 Å². The predicted molar refractivity (Wildman–Crippen MR) is 155 cm³/mol. The molecule has 0 saturated heterocycles. The normalized spacial score (nSPS) is 14.4. The van der Waals surface area contributed by atoms with Gasteiger partial charge in [-0.25, -0.2) is 4.99 Å². The second kappa shape index (κ2) is 12.0. The third-order valence-electron chi connectivity index (χ3n) is 5.83. The number of hydrogen-bond acceptors (Lipinski definition) is 4. The van der Waals surface area contributed by atoms with Crippen molar-refractivity contribution in [3.8, 4) is 0 Å². The number of amides is 2. The zero-order valence-electron chi connectivity index (χ0n) is 20.8. The third kappa shape index (κ3) is 6.63. The molecular formula is C29H27Cl2N3O2S. The van der Waals surface area contributed by atoms with Gasteiger partial charge in [-0.15, -0.1) is 0 Å². The summed E-state index contributed by atoms with van der Waals surface area (Å²) in [5.41, 5.74) is 3.81. The molecule has 0 saturated carbocycles. The van der Waals surface area contributed by atoms with Crippen LogP contribution >= 0.6 is 35.0 Å². The lowest BCUT2D eigenvalue weighted by atomic mass is 10.2. The van der Waals surface area contributed by atoms with E-state index >= 15 is 0 Å². The summed E-state index contributed by atoms with van der Waals surface area (Å²) < 4.78 is 0. The topological polar surface area (TPSA) is 53.0 Å². The molecule has 190 valence electrons. The molecule has 0 N–H and O–H groups in total. The number of nitrogens with zero attached hydrogens (tertiary/aromatic N) is 3. The Morgan fingerprint density at radius 2 is 1.73 bits per heavy atom. The lowest BCUT2D eigenvalue weighted by Gasteiger charge is -2.27. The van der Waals surface area contributed by atoms with Gasteiger partial charge in [0.25, 0.3) is 5.91 Å². The van der Waals surface area contributed by atoms with Crippen LogP contribution in [0.4, 0.5) is 5.69 Å². The Bertz CT molecular complexity index is 1360. The van der Waals surface area contributed by atoms with Crippen LogP contribution < -0.4 is 4.90 Å². The lowest BCUT2D eigenvalue weighted by Crippen LogP contribution is -2.38. The second-order valence-corrected chi connectivity index (χ2v) is 10.7. The van der Waals surface area contributed by atoms with Gasteiger partial charge >= 0.3 is 0 Å². The Morgan fingerprint density at radius 1 is 1.03 bits per heavy atom. The molecule has 1 heterocycles. The summed E-state index contributed by atoms with van der Waals surface area (Å²) in [6, 6.07) is 22.7. The maximum Gasteiger partial charge on any atom is 0.283 e. The van der Waals surface area contributed by atoms with E-state index in [1.54, 1.807) is 29.2 Å². The van der Waals surface area contributed by atoms with Crippen LogP contribution in [0.25, 0.3) is 6.08 Å². The number of carbonyl (C=O) groups is 2. The second-order valence-electron chi connectivity index (χ2n) is 8.96. The van der Waals surface area contributed by atoms with Crippen molar-refractivity contribution in [2.75, 3.05) is 10.7 Å². The maximum absolute atomic E-state index is 13.5. The van der Waals surface area contributed by atoms with Crippen molar-refractivity contribution in [1.29, 1.82) is 0 Å². The number of thioether (sulfide) groups is 1. The van der Waals surface area contributed by atoms with Crippen LogP contribution in [0.2, 0.25) is 10.0 Å². The van der Waals surface area contributed by atoms with E-state index < -0.39 is 0 Å². The number of anilines is 1. The fourth-order valence-electron chi connectivity index (χ4n) is 3.82. The van der Waals surface area contributed by atoms with Gasteiger partial charge in [0.15, 0.2) is 5.17 Å². The molecule has 3 aromatic rings. The molecule has 3 aromatic carbocycles. The van der Waals surface area contributed by atoms with Gasteiger partial charge in [-0.3, -0.25) is 14.5 Å². The number of aliphatic imine (C=N–C) groups is 1. The summed E-state index contributed by atoms with van der Waals surface area (Å²) in [6.07, 6.45) is 1.68. The SMILES string of the molecule is Cc1ccc(N2C(=O)/C(=C/c3ccc(Cl)c(Cl)c3)N=C2SCC(=O)N(Cc2ccccc2)C(C)C)cc1. The quantitative estimate of drug-likeness (QED) is 0.291. The fourth-order valence-corrected chi connectivity index (χ4v) is 5.03. The van der Waals surface area contributed by atoms with Gasteiger partial charge in [-0.2, -0.15) is 0 Å². The molecule has 0 spiro atoms. The first-order chi connectivity index (χ1) is 17.7. The average Bonchev–Trinajstić information content (AvgIpc) is 3.19. The van der Waals surface area contributed by atoms with E-state index in [1.165, 1.54) is 11.8 Å². The van der Waals surface area contributed by atoms with E-state index in [-0.39, 0.29) is 29.3 Å². The summed E-state index contributed by atoms with van der Waals surface area (Å²) >= 11 is 13.5. The van der Waals surface area contributed by atoms with E-state index in [1.807, 2.05) is 80.3 Å².